The topological polar surface area (TPSA) is 24.5 Å². The predicted octanol–water partition coefficient (Wildman–Crippen LogP) is 2.76. The zero-order chi connectivity index (χ0) is 13.7. The lowest BCUT2D eigenvalue weighted by Gasteiger charge is -2.32. The summed E-state index contributed by atoms with van der Waals surface area (Å²) in [6.07, 6.45) is 2.45. The smallest absolute Gasteiger partial charge is 0.0637 e. The van der Waals surface area contributed by atoms with E-state index in [1.807, 2.05) is 0 Å². The van der Waals surface area contributed by atoms with Gasteiger partial charge in [0.2, 0.25) is 0 Å². The Balaban J connectivity index is 2.15. The number of anilines is 1. The molecule has 3 nitrogen and oxygen atoms in total. The number of fused-ring (bicyclic) bond motifs is 1. The van der Waals surface area contributed by atoms with Crippen LogP contribution in [0.3, 0.4) is 0 Å². The van der Waals surface area contributed by atoms with Crippen molar-refractivity contribution < 1.29 is 4.74 Å². The van der Waals surface area contributed by atoms with Crippen molar-refractivity contribution in [3.63, 3.8) is 0 Å². The zero-order valence-electron chi connectivity index (χ0n) is 12.4. The molecular formula is C16H26N2O. The van der Waals surface area contributed by atoms with Crippen molar-refractivity contribution in [3.8, 4) is 0 Å². The summed E-state index contributed by atoms with van der Waals surface area (Å²) < 4.78 is 5.20. The van der Waals surface area contributed by atoms with Gasteiger partial charge in [0.25, 0.3) is 0 Å². The summed E-state index contributed by atoms with van der Waals surface area (Å²) >= 11 is 0. The van der Waals surface area contributed by atoms with Gasteiger partial charge in [0, 0.05) is 31.9 Å². The summed E-state index contributed by atoms with van der Waals surface area (Å²) in [5.41, 5.74) is 4.29. The molecule has 1 atom stereocenters. The first kappa shape index (κ1) is 14.4. The number of rotatable bonds is 6. The molecule has 0 saturated heterocycles. The van der Waals surface area contributed by atoms with Gasteiger partial charge in [-0.3, -0.25) is 0 Å². The molecule has 1 N–H and O–H groups in total. The fraction of sp³-hybridized carbons (Fsp3) is 0.625. The van der Waals surface area contributed by atoms with E-state index in [9.17, 15) is 0 Å². The molecular weight excluding hydrogens is 236 g/mol. The minimum Gasteiger partial charge on any atom is -0.383 e. The number of nitrogens with zero attached hydrogens (tertiary/aromatic N) is 1. The molecule has 1 heterocycles. The van der Waals surface area contributed by atoms with Crippen LogP contribution in [-0.4, -0.2) is 33.4 Å². The van der Waals surface area contributed by atoms with Gasteiger partial charge in [-0.1, -0.05) is 19.1 Å². The van der Waals surface area contributed by atoms with Crippen LogP contribution in [-0.2, 0) is 11.2 Å². The molecule has 106 valence electrons. The third-order valence-electron chi connectivity index (χ3n) is 3.89. The Morgan fingerprint density at radius 2 is 2.26 bits per heavy atom. The summed E-state index contributed by atoms with van der Waals surface area (Å²) in [6.45, 7) is 8.34. The van der Waals surface area contributed by atoms with Crippen LogP contribution in [0.15, 0.2) is 18.2 Å². The lowest BCUT2D eigenvalue weighted by Crippen LogP contribution is -2.32. The SMILES string of the molecule is CCNC(C)c1ccc2c(c1)CCCN2CCOC. The summed E-state index contributed by atoms with van der Waals surface area (Å²) in [7, 11) is 1.77. The lowest BCUT2D eigenvalue weighted by molar-refractivity contribution is 0.205. The molecule has 1 aliphatic rings. The number of aryl methyl sites for hydroxylation is 1. The van der Waals surface area contributed by atoms with Crippen LogP contribution in [0.5, 0.6) is 0 Å². The average molecular weight is 262 g/mol. The zero-order valence-corrected chi connectivity index (χ0v) is 12.4. The molecule has 1 unspecified atom stereocenters. The minimum absolute atomic E-state index is 0.435. The van der Waals surface area contributed by atoms with E-state index in [1.54, 1.807) is 7.11 Å². The van der Waals surface area contributed by atoms with Crippen LogP contribution in [0, 0.1) is 0 Å². The molecule has 0 amide bonds. The molecule has 0 spiro atoms. The summed E-state index contributed by atoms with van der Waals surface area (Å²) in [4.78, 5) is 2.45. The van der Waals surface area contributed by atoms with Crippen LogP contribution < -0.4 is 10.2 Å². The first-order chi connectivity index (χ1) is 9.26. The third-order valence-corrected chi connectivity index (χ3v) is 3.89. The van der Waals surface area contributed by atoms with Gasteiger partial charge in [0.05, 0.1) is 6.61 Å². The van der Waals surface area contributed by atoms with Crippen molar-refractivity contribution in [3.05, 3.63) is 29.3 Å². The van der Waals surface area contributed by atoms with Crippen molar-refractivity contribution >= 4 is 5.69 Å². The van der Waals surface area contributed by atoms with Gasteiger partial charge in [-0.2, -0.15) is 0 Å². The van der Waals surface area contributed by atoms with Gasteiger partial charge < -0.3 is 15.0 Å². The van der Waals surface area contributed by atoms with Gasteiger partial charge >= 0.3 is 0 Å². The Morgan fingerprint density at radius 3 is 3.00 bits per heavy atom. The Morgan fingerprint density at radius 1 is 1.42 bits per heavy atom. The van der Waals surface area contributed by atoms with Crippen LogP contribution in [0.25, 0.3) is 0 Å². The van der Waals surface area contributed by atoms with E-state index in [1.165, 1.54) is 29.7 Å². The molecule has 1 aromatic rings. The van der Waals surface area contributed by atoms with Crippen molar-refractivity contribution in [1.29, 1.82) is 0 Å². The molecule has 0 bridgehead atoms. The van der Waals surface area contributed by atoms with E-state index in [0.29, 0.717) is 6.04 Å². The Bertz CT molecular complexity index is 406. The largest absolute Gasteiger partial charge is 0.383 e. The van der Waals surface area contributed by atoms with Gasteiger partial charge in [-0.05, 0) is 43.5 Å². The van der Waals surface area contributed by atoms with E-state index in [-0.39, 0.29) is 0 Å². The quantitative estimate of drug-likeness (QED) is 0.853. The molecule has 0 radical (unpaired) electrons. The highest BCUT2D eigenvalue weighted by atomic mass is 16.5. The van der Waals surface area contributed by atoms with E-state index in [0.717, 1.165) is 26.2 Å². The molecule has 0 aromatic heterocycles. The maximum Gasteiger partial charge on any atom is 0.0637 e. The van der Waals surface area contributed by atoms with Crippen molar-refractivity contribution in [2.75, 3.05) is 38.3 Å². The van der Waals surface area contributed by atoms with Crippen LogP contribution >= 0.6 is 0 Å². The predicted molar refractivity (Wildman–Crippen MR) is 80.9 cm³/mol. The molecule has 3 heteroatoms. The molecule has 19 heavy (non-hydrogen) atoms. The molecule has 1 aliphatic heterocycles. The fourth-order valence-electron chi connectivity index (χ4n) is 2.82. The van der Waals surface area contributed by atoms with Gasteiger partial charge in [-0.15, -0.1) is 0 Å². The first-order valence-corrected chi connectivity index (χ1v) is 7.36. The highest BCUT2D eigenvalue weighted by molar-refractivity contribution is 5.57. The van der Waals surface area contributed by atoms with Gasteiger partial charge in [-0.25, -0.2) is 0 Å². The standard InChI is InChI=1S/C16H26N2O/c1-4-17-13(2)14-7-8-16-15(12-14)6-5-9-18(16)10-11-19-3/h7-8,12-13,17H,4-6,9-11H2,1-3H3. The van der Waals surface area contributed by atoms with Gasteiger partial charge in [0.1, 0.15) is 0 Å². The number of hydrogen-bond donors (Lipinski definition) is 1. The molecule has 0 aliphatic carbocycles. The van der Waals surface area contributed by atoms with Gasteiger partial charge in [0.15, 0.2) is 0 Å². The highest BCUT2D eigenvalue weighted by Gasteiger charge is 2.17. The monoisotopic (exact) mass is 262 g/mol. The number of ether oxygens (including phenoxy) is 1. The Labute approximate surface area is 116 Å². The highest BCUT2D eigenvalue weighted by Crippen LogP contribution is 2.29. The third kappa shape index (κ3) is 3.48. The first-order valence-electron chi connectivity index (χ1n) is 7.36. The Kier molecular flexibility index (Phi) is 5.23. The second-order valence-corrected chi connectivity index (χ2v) is 5.25. The molecule has 0 saturated carbocycles. The van der Waals surface area contributed by atoms with E-state index in [2.05, 4.69) is 42.3 Å². The van der Waals surface area contributed by atoms with Crippen molar-refractivity contribution in [2.45, 2.75) is 32.7 Å². The van der Waals surface area contributed by atoms with Crippen LogP contribution in [0.1, 0.15) is 37.4 Å². The Hall–Kier alpha value is -1.06. The maximum atomic E-state index is 5.20. The fourth-order valence-corrected chi connectivity index (χ4v) is 2.82. The van der Waals surface area contributed by atoms with Crippen LogP contribution in [0.4, 0.5) is 5.69 Å². The second-order valence-electron chi connectivity index (χ2n) is 5.25. The molecule has 1 aromatic carbocycles. The summed E-state index contributed by atoms with van der Waals surface area (Å²) in [5, 5.41) is 3.48. The molecule has 0 fully saturated rings. The number of benzene rings is 1. The van der Waals surface area contributed by atoms with Crippen molar-refractivity contribution in [2.24, 2.45) is 0 Å². The second kappa shape index (κ2) is 6.92. The number of nitrogens with one attached hydrogen (secondary N) is 1. The number of methoxy groups -OCH3 is 1. The van der Waals surface area contributed by atoms with E-state index >= 15 is 0 Å². The summed E-state index contributed by atoms with van der Waals surface area (Å²) in [5.74, 6) is 0. The van der Waals surface area contributed by atoms with Crippen molar-refractivity contribution in [1.82, 2.24) is 5.32 Å². The van der Waals surface area contributed by atoms with E-state index < -0.39 is 0 Å². The lowest BCUT2D eigenvalue weighted by atomic mass is 9.97. The number of hydrogen-bond acceptors (Lipinski definition) is 3. The minimum atomic E-state index is 0.435. The average Bonchev–Trinajstić information content (AvgIpc) is 2.44. The van der Waals surface area contributed by atoms with E-state index in [4.69, 9.17) is 4.74 Å². The molecule has 2 rings (SSSR count). The maximum absolute atomic E-state index is 5.20. The van der Waals surface area contributed by atoms with Crippen LogP contribution in [0.2, 0.25) is 0 Å². The summed E-state index contributed by atoms with van der Waals surface area (Å²) in [6, 6.07) is 7.36. The normalized spacial score (nSPS) is 16.3.